The number of halogens is 1. The summed E-state index contributed by atoms with van der Waals surface area (Å²) in [6.45, 7) is 0.915. The molecule has 1 amide bonds. The fraction of sp³-hybridized carbons (Fsp3) is 0.188. The molecule has 0 saturated heterocycles. The molecule has 0 unspecified atom stereocenters. The summed E-state index contributed by atoms with van der Waals surface area (Å²) < 4.78 is 12.9. The lowest BCUT2D eigenvalue weighted by molar-refractivity contribution is 0.0785. The van der Waals surface area contributed by atoms with Crippen molar-refractivity contribution in [3.63, 3.8) is 0 Å². The third-order valence-corrected chi connectivity index (χ3v) is 3.18. The van der Waals surface area contributed by atoms with Crippen molar-refractivity contribution >= 4 is 5.91 Å². The highest BCUT2D eigenvalue weighted by molar-refractivity contribution is 5.93. The minimum absolute atomic E-state index is 0.142. The molecule has 0 spiro atoms. The van der Waals surface area contributed by atoms with Crippen LogP contribution in [-0.2, 0) is 13.1 Å². The highest BCUT2D eigenvalue weighted by Gasteiger charge is 2.13. The molecule has 0 aromatic heterocycles. The van der Waals surface area contributed by atoms with Crippen LogP contribution >= 0.6 is 0 Å². The van der Waals surface area contributed by atoms with Crippen molar-refractivity contribution in [1.82, 2.24) is 4.90 Å². The van der Waals surface area contributed by atoms with E-state index in [1.54, 1.807) is 11.9 Å². The van der Waals surface area contributed by atoms with Gasteiger partial charge in [0, 0.05) is 25.7 Å². The van der Waals surface area contributed by atoms with Gasteiger partial charge in [0.05, 0.1) is 0 Å². The molecule has 0 fully saturated rings. The Labute approximate surface area is 117 Å². The van der Waals surface area contributed by atoms with E-state index in [1.807, 2.05) is 24.3 Å². The first-order valence-corrected chi connectivity index (χ1v) is 6.39. The number of benzene rings is 2. The average Bonchev–Trinajstić information content (AvgIpc) is 2.48. The summed E-state index contributed by atoms with van der Waals surface area (Å²) in [6, 6.07) is 13.3. The molecule has 0 aliphatic heterocycles. The van der Waals surface area contributed by atoms with Gasteiger partial charge in [0.25, 0.3) is 5.91 Å². The molecule has 0 radical (unpaired) electrons. The van der Waals surface area contributed by atoms with Crippen LogP contribution in [0.5, 0.6) is 0 Å². The van der Waals surface area contributed by atoms with Gasteiger partial charge in [-0.15, -0.1) is 0 Å². The first-order chi connectivity index (χ1) is 9.61. The van der Waals surface area contributed by atoms with Crippen molar-refractivity contribution in [2.45, 2.75) is 13.1 Å². The lowest BCUT2D eigenvalue weighted by Gasteiger charge is -2.19. The van der Waals surface area contributed by atoms with E-state index in [2.05, 4.69) is 0 Å². The van der Waals surface area contributed by atoms with Gasteiger partial charge in [0.15, 0.2) is 0 Å². The van der Waals surface area contributed by atoms with Crippen LogP contribution in [0.1, 0.15) is 21.5 Å². The van der Waals surface area contributed by atoms with Crippen LogP contribution in [-0.4, -0.2) is 17.9 Å². The van der Waals surface area contributed by atoms with Gasteiger partial charge < -0.3 is 10.6 Å². The van der Waals surface area contributed by atoms with E-state index >= 15 is 0 Å². The lowest BCUT2D eigenvalue weighted by Crippen LogP contribution is -2.26. The van der Waals surface area contributed by atoms with Gasteiger partial charge in [0.2, 0.25) is 0 Å². The third kappa shape index (κ3) is 3.22. The molecule has 2 rings (SSSR count). The highest BCUT2D eigenvalue weighted by Crippen LogP contribution is 2.13. The molecular weight excluding hydrogens is 255 g/mol. The molecule has 0 bridgehead atoms. The van der Waals surface area contributed by atoms with Crippen molar-refractivity contribution in [2.75, 3.05) is 7.05 Å². The summed E-state index contributed by atoms with van der Waals surface area (Å²) in [5.74, 6) is -0.491. The summed E-state index contributed by atoms with van der Waals surface area (Å²) in [5.41, 5.74) is 8.20. The Morgan fingerprint density at radius 1 is 1.10 bits per heavy atom. The second-order valence-electron chi connectivity index (χ2n) is 4.64. The fourth-order valence-electron chi connectivity index (χ4n) is 2.05. The summed E-state index contributed by atoms with van der Waals surface area (Å²) >= 11 is 0. The standard InChI is InChI=1S/C16H17FN2O/c1-19(11-14-5-3-2-4-13(14)10-18)16(20)12-6-8-15(17)9-7-12/h2-9H,10-11,18H2,1H3. The topological polar surface area (TPSA) is 46.3 Å². The molecule has 4 heteroatoms. The highest BCUT2D eigenvalue weighted by atomic mass is 19.1. The molecule has 0 heterocycles. The van der Waals surface area contributed by atoms with E-state index in [9.17, 15) is 9.18 Å². The Balaban J connectivity index is 2.13. The van der Waals surface area contributed by atoms with Crippen LogP contribution in [0.3, 0.4) is 0 Å². The predicted octanol–water partition coefficient (Wildman–Crippen LogP) is 2.56. The van der Waals surface area contributed by atoms with E-state index in [-0.39, 0.29) is 11.7 Å². The Kier molecular flexibility index (Phi) is 4.48. The SMILES string of the molecule is CN(Cc1ccccc1CN)C(=O)c1ccc(F)cc1. The molecule has 3 nitrogen and oxygen atoms in total. The minimum atomic E-state index is -0.349. The van der Waals surface area contributed by atoms with Gasteiger partial charge in [-0.3, -0.25) is 4.79 Å². The number of carbonyl (C=O) groups excluding carboxylic acids is 1. The Morgan fingerprint density at radius 3 is 2.30 bits per heavy atom. The Morgan fingerprint density at radius 2 is 1.70 bits per heavy atom. The average molecular weight is 272 g/mol. The van der Waals surface area contributed by atoms with Crippen LogP contribution in [0.4, 0.5) is 4.39 Å². The maximum absolute atomic E-state index is 12.9. The van der Waals surface area contributed by atoms with E-state index in [0.717, 1.165) is 11.1 Å². The van der Waals surface area contributed by atoms with Gasteiger partial charge in [-0.1, -0.05) is 24.3 Å². The maximum Gasteiger partial charge on any atom is 0.253 e. The summed E-state index contributed by atoms with van der Waals surface area (Å²) in [7, 11) is 1.72. The van der Waals surface area contributed by atoms with Gasteiger partial charge in [-0.2, -0.15) is 0 Å². The minimum Gasteiger partial charge on any atom is -0.337 e. The normalized spacial score (nSPS) is 10.3. The van der Waals surface area contributed by atoms with E-state index in [1.165, 1.54) is 24.3 Å². The van der Waals surface area contributed by atoms with Gasteiger partial charge in [-0.05, 0) is 35.4 Å². The summed E-state index contributed by atoms with van der Waals surface area (Å²) in [5, 5.41) is 0. The van der Waals surface area contributed by atoms with Crippen molar-refractivity contribution in [2.24, 2.45) is 5.73 Å². The monoisotopic (exact) mass is 272 g/mol. The van der Waals surface area contributed by atoms with Crippen molar-refractivity contribution in [1.29, 1.82) is 0 Å². The number of hydrogen-bond acceptors (Lipinski definition) is 2. The number of amides is 1. The van der Waals surface area contributed by atoms with Crippen LogP contribution in [0, 0.1) is 5.82 Å². The molecule has 20 heavy (non-hydrogen) atoms. The second-order valence-corrected chi connectivity index (χ2v) is 4.64. The fourth-order valence-corrected chi connectivity index (χ4v) is 2.05. The Bertz CT molecular complexity index is 596. The second kappa shape index (κ2) is 6.30. The van der Waals surface area contributed by atoms with E-state index in [0.29, 0.717) is 18.7 Å². The third-order valence-electron chi connectivity index (χ3n) is 3.18. The smallest absolute Gasteiger partial charge is 0.253 e. The number of nitrogens with zero attached hydrogens (tertiary/aromatic N) is 1. The van der Waals surface area contributed by atoms with Crippen molar-refractivity contribution in [3.8, 4) is 0 Å². The molecule has 0 atom stereocenters. The molecule has 2 aromatic rings. The van der Waals surface area contributed by atoms with Gasteiger partial charge >= 0.3 is 0 Å². The van der Waals surface area contributed by atoms with Gasteiger partial charge in [-0.25, -0.2) is 4.39 Å². The number of carbonyl (C=O) groups is 1. The molecule has 104 valence electrons. The zero-order valence-electron chi connectivity index (χ0n) is 11.3. The zero-order chi connectivity index (χ0) is 14.5. The van der Waals surface area contributed by atoms with E-state index < -0.39 is 0 Å². The lowest BCUT2D eigenvalue weighted by atomic mass is 10.1. The summed E-state index contributed by atoms with van der Waals surface area (Å²) in [4.78, 5) is 13.8. The largest absolute Gasteiger partial charge is 0.337 e. The Hall–Kier alpha value is -2.20. The maximum atomic E-state index is 12.9. The van der Waals surface area contributed by atoms with E-state index in [4.69, 9.17) is 5.73 Å². The number of nitrogens with two attached hydrogens (primary N) is 1. The van der Waals surface area contributed by atoms with Crippen molar-refractivity contribution in [3.05, 3.63) is 71.0 Å². The molecule has 2 aromatic carbocycles. The number of hydrogen-bond donors (Lipinski definition) is 1. The van der Waals surface area contributed by atoms with Crippen LogP contribution in [0.15, 0.2) is 48.5 Å². The molecule has 0 aliphatic rings. The van der Waals surface area contributed by atoms with Crippen molar-refractivity contribution < 1.29 is 9.18 Å². The molecular formula is C16H17FN2O. The molecule has 0 aliphatic carbocycles. The number of rotatable bonds is 4. The molecule has 0 saturated carbocycles. The van der Waals surface area contributed by atoms with Gasteiger partial charge in [0.1, 0.15) is 5.82 Å². The first kappa shape index (κ1) is 14.2. The quantitative estimate of drug-likeness (QED) is 0.929. The summed E-state index contributed by atoms with van der Waals surface area (Å²) in [6.07, 6.45) is 0. The molecule has 2 N–H and O–H groups in total. The first-order valence-electron chi connectivity index (χ1n) is 6.39. The van der Waals surface area contributed by atoms with Crippen LogP contribution in [0.25, 0.3) is 0 Å². The predicted molar refractivity (Wildman–Crippen MR) is 76.5 cm³/mol. The van der Waals surface area contributed by atoms with Crippen LogP contribution < -0.4 is 5.73 Å². The zero-order valence-corrected chi connectivity index (χ0v) is 11.3. The van der Waals surface area contributed by atoms with Crippen LogP contribution in [0.2, 0.25) is 0 Å².